The smallest absolute Gasteiger partial charge is 0.227 e. The molecule has 0 saturated heterocycles. The largest absolute Gasteiger partial charge is 0.436 e. The van der Waals surface area contributed by atoms with Crippen LogP contribution in [0.1, 0.15) is 47.8 Å². The Balaban J connectivity index is 1.01. The SMILES string of the molecule is C1=CCC2C(=C1)C=CCC2c1cccc(N(c2cccc(-c3ccccc3)c2)c2ccccc2C2C=CC=C(c3cc4oc(-c5ccccc5)nc4c4ccccc34)C2)c1. The molecule has 0 spiro atoms. The highest BCUT2D eigenvalue weighted by Crippen LogP contribution is 2.47. The molecule has 0 aliphatic heterocycles. The molecule has 0 radical (unpaired) electrons. The normalized spacial score (nSPS) is 18.3. The zero-order chi connectivity index (χ0) is 39.8. The van der Waals surface area contributed by atoms with E-state index in [2.05, 4.69) is 199 Å². The first-order valence-corrected chi connectivity index (χ1v) is 21.2. The van der Waals surface area contributed by atoms with Crippen LogP contribution in [0, 0.1) is 5.92 Å². The summed E-state index contributed by atoms with van der Waals surface area (Å²) in [7, 11) is 0. The summed E-state index contributed by atoms with van der Waals surface area (Å²) in [6, 6.07) is 59.1. The molecule has 7 aromatic carbocycles. The molecule has 3 aliphatic carbocycles. The summed E-state index contributed by atoms with van der Waals surface area (Å²) >= 11 is 0. The summed E-state index contributed by atoms with van der Waals surface area (Å²) in [4.78, 5) is 7.51. The minimum absolute atomic E-state index is 0.137. The Morgan fingerprint density at radius 1 is 0.567 bits per heavy atom. The van der Waals surface area contributed by atoms with Crippen LogP contribution in [0.25, 0.3) is 50.0 Å². The van der Waals surface area contributed by atoms with Gasteiger partial charge in [0.05, 0.1) is 0 Å². The molecule has 11 rings (SSSR count). The maximum Gasteiger partial charge on any atom is 0.227 e. The number of hydrogen-bond donors (Lipinski definition) is 0. The second kappa shape index (κ2) is 15.5. The van der Waals surface area contributed by atoms with Gasteiger partial charge in [0, 0.05) is 33.9 Å². The first-order valence-electron chi connectivity index (χ1n) is 21.2. The van der Waals surface area contributed by atoms with Gasteiger partial charge in [-0.3, -0.25) is 0 Å². The van der Waals surface area contributed by atoms with Crippen LogP contribution in [0.5, 0.6) is 0 Å². The maximum absolute atomic E-state index is 6.50. The van der Waals surface area contributed by atoms with Gasteiger partial charge in [-0.05, 0) is 124 Å². The minimum Gasteiger partial charge on any atom is -0.436 e. The molecule has 60 heavy (non-hydrogen) atoms. The standard InChI is InChI=1S/C57H44N2O/c1-3-17-39(18-4-1)42-23-14-27-46(36-42)59(47-28-15-26-45(37-47)49-33-16-22-40-19-7-8-29-48(40)49)54-34-12-11-30-50(54)43-24-13-25-44(35-43)53-38-55-56(52-32-10-9-31-51(52)53)58-57(60-55)41-20-5-2-6-21-41/h1-28,30-32,34,36-38,43,48-49H,29,33,35H2. The molecule has 3 unspecified atom stereocenters. The van der Waals surface area contributed by atoms with E-state index in [0.717, 1.165) is 47.0 Å². The predicted octanol–water partition coefficient (Wildman–Crippen LogP) is 15.5. The Hall–Kier alpha value is -7.23. The molecule has 3 atom stereocenters. The fourth-order valence-electron chi connectivity index (χ4n) is 9.72. The van der Waals surface area contributed by atoms with Gasteiger partial charge in [0.15, 0.2) is 5.58 Å². The van der Waals surface area contributed by atoms with E-state index < -0.39 is 0 Å². The second-order valence-corrected chi connectivity index (χ2v) is 16.2. The molecule has 1 aromatic heterocycles. The number of rotatable bonds is 8. The van der Waals surface area contributed by atoms with Gasteiger partial charge in [-0.1, -0.05) is 164 Å². The molecule has 8 aromatic rings. The molecule has 288 valence electrons. The first kappa shape index (κ1) is 35.9. The Labute approximate surface area is 351 Å². The van der Waals surface area contributed by atoms with Crippen LogP contribution >= 0.6 is 0 Å². The number of allylic oxidation sites excluding steroid dienone is 10. The van der Waals surface area contributed by atoms with E-state index in [1.807, 2.05) is 18.2 Å². The summed E-state index contributed by atoms with van der Waals surface area (Å²) in [5.41, 5.74) is 15.2. The summed E-state index contributed by atoms with van der Waals surface area (Å²) in [6.07, 6.45) is 21.4. The van der Waals surface area contributed by atoms with Crippen molar-refractivity contribution in [1.29, 1.82) is 0 Å². The Bertz CT molecular complexity index is 3040. The summed E-state index contributed by atoms with van der Waals surface area (Å²) in [6.45, 7) is 0. The topological polar surface area (TPSA) is 29.3 Å². The van der Waals surface area contributed by atoms with Gasteiger partial charge in [-0.25, -0.2) is 4.98 Å². The molecule has 3 nitrogen and oxygen atoms in total. The van der Waals surface area contributed by atoms with Crippen LogP contribution in [-0.2, 0) is 0 Å². The van der Waals surface area contributed by atoms with Crippen LogP contribution in [0.3, 0.4) is 0 Å². The molecular weight excluding hydrogens is 729 g/mol. The molecule has 3 heteroatoms. The van der Waals surface area contributed by atoms with Crippen molar-refractivity contribution in [2.24, 2.45) is 5.92 Å². The summed E-state index contributed by atoms with van der Waals surface area (Å²) < 4.78 is 6.50. The highest BCUT2D eigenvalue weighted by Gasteiger charge is 2.29. The van der Waals surface area contributed by atoms with Crippen molar-refractivity contribution in [2.75, 3.05) is 4.90 Å². The number of nitrogens with zero attached hydrogens (tertiary/aromatic N) is 2. The fourth-order valence-corrected chi connectivity index (χ4v) is 9.72. The van der Waals surface area contributed by atoms with Crippen molar-refractivity contribution in [3.63, 3.8) is 0 Å². The van der Waals surface area contributed by atoms with Crippen molar-refractivity contribution in [1.82, 2.24) is 4.98 Å². The average Bonchev–Trinajstić information content (AvgIpc) is 3.77. The number of fused-ring (bicyclic) bond motifs is 4. The third-order valence-corrected chi connectivity index (χ3v) is 12.6. The first-order chi connectivity index (χ1) is 29.7. The van der Waals surface area contributed by atoms with Crippen molar-refractivity contribution >= 4 is 44.5 Å². The number of oxazole rings is 1. The average molecular weight is 773 g/mol. The van der Waals surface area contributed by atoms with Crippen LogP contribution in [0.4, 0.5) is 17.1 Å². The molecule has 0 N–H and O–H groups in total. The van der Waals surface area contributed by atoms with Gasteiger partial charge in [0.1, 0.15) is 5.52 Å². The summed E-state index contributed by atoms with van der Waals surface area (Å²) in [5.74, 6) is 1.70. The number of aromatic nitrogens is 1. The predicted molar refractivity (Wildman–Crippen MR) is 250 cm³/mol. The molecule has 0 amide bonds. The van der Waals surface area contributed by atoms with Gasteiger partial charge in [-0.15, -0.1) is 0 Å². The van der Waals surface area contributed by atoms with Crippen LogP contribution in [0.15, 0.2) is 222 Å². The Morgan fingerprint density at radius 2 is 1.28 bits per heavy atom. The lowest BCUT2D eigenvalue weighted by atomic mass is 9.72. The highest BCUT2D eigenvalue weighted by atomic mass is 16.3. The van der Waals surface area contributed by atoms with E-state index in [1.54, 1.807) is 0 Å². The highest BCUT2D eigenvalue weighted by molar-refractivity contribution is 6.09. The van der Waals surface area contributed by atoms with E-state index in [0.29, 0.717) is 17.7 Å². The number of hydrogen-bond acceptors (Lipinski definition) is 3. The Morgan fingerprint density at radius 3 is 2.15 bits per heavy atom. The van der Waals surface area contributed by atoms with E-state index in [9.17, 15) is 0 Å². The van der Waals surface area contributed by atoms with E-state index in [-0.39, 0.29) is 5.92 Å². The Kier molecular flexibility index (Phi) is 9.28. The lowest BCUT2D eigenvalue weighted by molar-refractivity contribution is 0.482. The minimum atomic E-state index is 0.137. The molecular formula is C57H44N2O. The van der Waals surface area contributed by atoms with Gasteiger partial charge in [0.2, 0.25) is 5.89 Å². The molecule has 0 bridgehead atoms. The van der Waals surface area contributed by atoms with Crippen LogP contribution in [0.2, 0.25) is 0 Å². The quantitative estimate of drug-likeness (QED) is 0.154. The molecule has 1 heterocycles. The molecule has 0 fully saturated rings. The monoisotopic (exact) mass is 772 g/mol. The maximum atomic E-state index is 6.50. The van der Waals surface area contributed by atoms with Crippen molar-refractivity contribution in [3.8, 4) is 22.6 Å². The molecule has 3 aliphatic rings. The van der Waals surface area contributed by atoms with Gasteiger partial charge >= 0.3 is 0 Å². The van der Waals surface area contributed by atoms with Crippen LogP contribution in [-0.4, -0.2) is 4.98 Å². The lowest BCUT2D eigenvalue weighted by Crippen LogP contribution is -2.19. The van der Waals surface area contributed by atoms with Crippen LogP contribution < -0.4 is 4.90 Å². The van der Waals surface area contributed by atoms with Crippen molar-refractivity contribution in [2.45, 2.75) is 31.1 Å². The van der Waals surface area contributed by atoms with Crippen molar-refractivity contribution in [3.05, 3.63) is 235 Å². The van der Waals surface area contributed by atoms with Gasteiger partial charge < -0.3 is 9.32 Å². The van der Waals surface area contributed by atoms with Crippen molar-refractivity contribution < 1.29 is 4.42 Å². The molecule has 0 saturated carbocycles. The van der Waals surface area contributed by atoms with E-state index in [1.165, 1.54) is 55.7 Å². The third-order valence-electron chi connectivity index (χ3n) is 12.6. The third kappa shape index (κ3) is 6.63. The number of para-hydroxylation sites is 1. The zero-order valence-electron chi connectivity index (χ0n) is 33.4. The second-order valence-electron chi connectivity index (χ2n) is 16.2. The number of benzene rings is 7. The fraction of sp³-hybridized carbons (Fsp3) is 0.105. The summed E-state index contributed by atoms with van der Waals surface area (Å²) in [5, 5.41) is 2.29. The van der Waals surface area contributed by atoms with E-state index in [4.69, 9.17) is 9.40 Å². The number of anilines is 3. The van der Waals surface area contributed by atoms with Gasteiger partial charge in [-0.2, -0.15) is 0 Å². The van der Waals surface area contributed by atoms with E-state index >= 15 is 0 Å². The lowest BCUT2D eigenvalue weighted by Gasteiger charge is -2.34. The van der Waals surface area contributed by atoms with Gasteiger partial charge in [0.25, 0.3) is 0 Å². The zero-order valence-corrected chi connectivity index (χ0v) is 33.4.